The van der Waals surface area contributed by atoms with Crippen LogP contribution in [0.1, 0.15) is 18.9 Å². The predicted molar refractivity (Wildman–Crippen MR) is 73.2 cm³/mol. The van der Waals surface area contributed by atoms with Crippen LogP contribution in [0.2, 0.25) is 0 Å². The number of ether oxygens (including phenoxy) is 2. The van der Waals surface area contributed by atoms with Crippen molar-refractivity contribution in [3.8, 4) is 5.75 Å². The molecule has 5 nitrogen and oxygen atoms in total. The zero-order chi connectivity index (χ0) is 15.0. The largest absolute Gasteiger partial charge is 0.508 e. The van der Waals surface area contributed by atoms with Crippen molar-refractivity contribution in [2.75, 3.05) is 13.2 Å². The number of aryl methyl sites for hydroxylation is 1. The topological polar surface area (TPSA) is 72.8 Å². The molecule has 20 heavy (non-hydrogen) atoms. The predicted octanol–water partition coefficient (Wildman–Crippen LogP) is 1.99. The van der Waals surface area contributed by atoms with Crippen molar-refractivity contribution in [2.24, 2.45) is 0 Å². The molecule has 0 spiro atoms. The number of rotatable bonds is 7. The van der Waals surface area contributed by atoms with Crippen LogP contribution in [-0.2, 0) is 25.5 Å². The van der Waals surface area contributed by atoms with Gasteiger partial charge in [-0.1, -0.05) is 18.7 Å². The Hall–Kier alpha value is -2.30. The minimum absolute atomic E-state index is 0.0244. The van der Waals surface area contributed by atoms with Gasteiger partial charge in [-0.05, 0) is 31.0 Å². The van der Waals surface area contributed by atoms with Gasteiger partial charge in [-0.25, -0.2) is 4.79 Å². The number of hydrogen-bond donors (Lipinski definition) is 1. The van der Waals surface area contributed by atoms with Crippen LogP contribution in [0.3, 0.4) is 0 Å². The molecule has 0 aliphatic heterocycles. The van der Waals surface area contributed by atoms with Crippen LogP contribution >= 0.6 is 0 Å². The number of carbonyl (C=O) groups excluding carboxylic acids is 2. The first-order chi connectivity index (χ1) is 9.49. The molecule has 0 aliphatic rings. The van der Waals surface area contributed by atoms with E-state index in [4.69, 9.17) is 14.6 Å². The summed E-state index contributed by atoms with van der Waals surface area (Å²) in [6.07, 6.45) is 0.768. The standard InChI is InChI=1S/C15H18O5/c1-11(2)15(18)20-10-9-19-14(17)8-5-12-3-6-13(16)7-4-12/h3-4,6-7,16H,1,5,8-10H2,2H3. The molecule has 1 aromatic carbocycles. The van der Waals surface area contributed by atoms with Crippen molar-refractivity contribution in [1.29, 1.82) is 0 Å². The fourth-order valence-corrected chi connectivity index (χ4v) is 1.39. The summed E-state index contributed by atoms with van der Waals surface area (Å²) in [4.78, 5) is 22.5. The zero-order valence-electron chi connectivity index (χ0n) is 11.4. The highest BCUT2D eigenvalue weighted by Gasteiger charge is 2.06. The van der Waals surface area contributed by atoms with E-state index in [1.807, 2.05) is 0 Å². The van der Waals surface area contributed by atoms with Gasteiger partial charge in [0.2, 0.25) is 0 Å². The first-order valence-electron chi connectivity index (χ1n) is 6.25. The van der Waals surface area contributed by atoms with Crippen LogP contribution < -0.4 is 0 Å². The first-order valence-corrected chi connectivity index (χ1v) is 6.25. The summed E-state index contributed by atoms with van der Waals surface area (Å²) in [5, 5.41) is 9.12. The molecule has 0 heterocycles. The number of benzene rings is 1. The lowest BCUT2D eigenvalue weighted by atomic mass is 10.1. The molecular formula is C15H18O5. The first kappa shape index (κ1) is 15.8. The summed E-state index contributed by atoms with van der Waals surface area (Å²) < 4.78 is 9.71. The quantitative estimate of drug-likeness (QED) is 0.469. The van der Waals surface area contributed by atoms with Crippen molar-refractivity contribution < 1.29 is 24.2 Å². The number of esters is 2. The summed E-state index contributed by atoms with van der Waals surface area (Å²) >= 11 is 0. The van der Waals surface area contributed by atoms with Crippen LogP contribution in [0, 0.1) is 0 Å². The molecule has 5 heteroatoms. The molecule has 0 amide bonds. The van der Waals surface area contributed by atoms with Gasteiger partial charge in [0.25, 0.3) is 0 Å². The molecule has 0 saturated heterocycles. The minimum Gasteiger partial charge on any atom is -0.508 e. The smallest absolute Gasteiger partial charge is 0.333 e. The summed E-state index contributed by atoms with van der Waals surface area (Å²) in [5.74, 6) is -0.662. The molecule has 0 atom stereocenters. The van der Waals surface area contributed by atoms with E-state index in [0.29, 0.717) is 12.0 Å². The van der Waals surface area contributed by atoms with Crippen LogP contribution in [0.5, 0.6) is 5.75 Å². The molecule has 0 radical (unpaired) electrons. The number of hydrogen-bond acceptors (Lipinski definition) is 5. The van der Waals surface area contributed by atoms with Crippen LogP contribution in [0.4, 0.5) is 0 Å². The Bertz CT molecular complexity index is 476. The van der Waals surface area contributed by atoms with Crippen LogP contribution in [-0.4, -0.2) is 30.3 Å². The third kappa shape index (κ3) is 6.04. The Morgan fingerprint density at radius 2 is 1.75 bits per heavy atom. The van der Waals surface area contributed by atoms with Crippen molar-refractivity contribution in [3.05, 3.63) is 42.0 Å². The number of phenols is 1. The summed E-state index contributed by atoms with van der Waals surface area (Å²) in [7, 11) is 0. The Kier molecular flexibility index (Phi) is 6.29. The molecule has 0 bridgehead atoms. The normalized spacial score (nSPS) is 9.85. The fraction of sp³-hybridized carbons (Fsp3) is 0.333. The average molecular weight is 278 g/mol. The molecular weight excluding hydrogens is 260 g/mol. The Balaban J connectivity index is 2.16. The maximum absolute atomic E-state index is 11.4. The Morgan fingerprint density at radius 3 is 2.35 bits per heavy atom. The number of phenolic OH excluding ortho intramolecular Hbond substituents is 1. The van der Waals surface area contributed by atoms with E-state index in [1.54, 1.807) is 31.2 Å². The van der Waals surface area contributed by atoms with E-state index < -0.39 is 5.97 Å². The van der Waals surface area contributed by atoms with Gasteiger partial charge < -0.3 is 14.6 Å². The van der Waals surface area contributed by atoms with E-state index in [-0.39, 0.29) is 31.4 Å². The van der Waals surface area contributed by atoms with Crippen molar-refractivity contribution >= 4 is 11.9 Å². The third-order valence-electron chi connectivity index (χ3n) is 2.48. The molecule has 1 rings (SSSR count). The molecule has 0 unspecified atom stereocenters. The Labute approximate surface area is 117 Å². The molecule has 1 aromatic rings. The maximum atomic E-state index is 11.4. The summed E-state index contributed by atoms with van der Waals surface area (Å²) in [6, 6.07) is 6.63. The maximum Gasteiger partial charge on any atom is 0.333 e. The lowest BCUT2D eigenvalue weighted by Crippen LogP contribution is -2.14. The van der Waals surface area contributed by atoms with Crippen molar-refractivity contribution in [2.45, 2.75) is 19.8 Å². The van der Waals surface area contributed by atoms with Gasteiger partial charge in [0.1, 0.15) is 19.0 Å². The van der Waals surface area contributed by atoms with Gasteiger partial charge in [-0.3, -0.25) is 4.79 Å². The monoisotopic (exact) mass is 278 g/mol. The van der Waals surface area contributed by atoms with Crippen LogP contribution in [0.15, 0.2) is 36.4 Å². The van der Waals surface area contributed by atoms with Gasteiger partial charge in [0.15, 0.2) is 0 Å². The minimum atomic E-state index is -0.495. The highest BCUT2D eigenvalue weighted by Crippen LogP contribution is 2.11. The zero-order valence-corrected chi connectivity index (χ0v) is 11.4. The third-order valence-corrected chi connectivity index (χ3v) is 2.48. The van der Waals surface area contributed by atoms with Crippen LogP contribution in [0.25, 0.3) is 0 Å². The van der Waals surface area contributed by atoms with E-state index in [0.717, 1.165) is 5.56 Å². The lowest BCUT2D eigenvalue weighted by Gasteiger charge is -2.06. The SMILES string of the molecule is C=C(C)C(=O)OCCOC(=O)CCc1ccc(O)cc1. The molecule has 0 saturated carbocycles. The van der Waals surface area contributed by atoms with Gasteiger partial charge in [-0.2, -0.15) is 0 Å². The Morgan fingerprint density at radius 1 is 1.15 bits per heavy atom. The fourth-order valence-electron chi connectivity index (χ4n) is 1.39. The summed E-state index contributed by atoms with van der Waals surface area (Å²) in [5.41, 5.74) is 1.25. The van der Waals surface area contributed by atoms with Crippen molar-refractivity contribution in [1.82, 2.24) is 0 Å². The molecule has 0 fully saturated rings. The van der Waals surface area contributed by atoms with Gasteiger partial charge in [-0.15, -0.1) is 0 Å². The van der Waals surface area contributed by atoms with E-state index in [1.165, 1.54) is 0 Å². The van der Waals surface area contributed by atoms with E-state index >= 15 is 0 Å². The summed E-state index contributed by atoms with van der Waals surface area (Å²) in [6.45, 7) is 5.05. The second-order valence-corrected chi connectivity index (χ2v) is 4.30. The van der Waals surface area contributed by atoms with Gasteiger partial charge in [0.05, 0.1) is 0 Å². The number of carbonyl (C=O) groups is 2. The highest BCUT2D eigenvalue weighted by atomic mass is 16.6. The molecule has 0 aliphatic carbocycles. The second-order valence-electron chi connectivity index (χ2n) is 4.30. The van der Waals surface area contributed by atoms with Gasteiger partial charge >= 0.3 is 11.9 Å². The molecule has 1 N–H and O–H groups in total. The number of aromatic hydroxyl groups is 1. The van der Waals surface area contributed by atoms with E-state index in [2.05, 4.69) is 6.58 Å². The molecule has 108 valence electrons. The van der Waals surface area contributed by atoms with E-state index in [9.17, 15) is 9.59 Å². The highest BCUT2D eigenvalue weighted by molar-refractivity contribution is 5.86. The van der Waals surface area contributed by atoms with Crippen molar-refractivity contribution in [3.63, 3.8) is 0 Å². The second kappa shape index (κ2) is 7.99. The lowest BCUT2D eigenvalue weighted by molar-refractivity contribution is -0.150. The molecule has 0 aromatic heterocycles. The van der Waals surface area contributed by atoms with Gasteiger partial charge in [0, 0.05) is 12.0 Å². The average Bonchev–Trinajstić information content (AvgIpc) is 2.42.